The molecule has 1 saturated heterocycles. The van der Waals surface area contributed by atoms with Crippen LogP contribution >= 0.6 is 0 Å². The second-order valence-electron chi connectivity index (χ2n) is 5.61. The van der Waals surface area contributed by atoms with Gasteiger partial charge in [-0.2, -0.15) is 0 Å². The maximum atomic E-state index is 12.5. The Hall–Kier alpha value is -2.45. The second kappa shape index (κ2) is 7.89. The summed E-state index contributed by atoms with van der Waals surface area (Å²) in [6.45, 7) is 3.75. The molecule has 8 nitrogen and oxygen atoms in total. The number of β-amino-alcohol motifs (C(OH)–C–C–N with tert-alkyl or cyclic N) is 1. The largest absolute Gasteiger partial charge is 0.399 e. The van der Waals surface area contributed by atoms with Crippen molar-refractivity contribution in [3.05, 3.63) is 24.3 Å². The van der Waals surface area contributed by atoms with Crippen LogP contribution in [0.15, 0.2) is 24.3 Å². The Balaban J connectivity index is 2.10. The molecule has 1 aliphatic rings. The third kappa shape index (κ3) is 4.09. The number of carbonyl (C=O) groups is 3. The van der Waals surface area contributed by atoms with Gasteiger partial charge in [-0.3, -0.25) is 19.3 Å². The minimum atomic E-state index is -0.885. The highest BCUT2D eigenvalue weighted by Crippen LogP contribution is 2.19. The van der Waals surface area contributed by atoms with Crippen LogP contribution in [0.25, 0.3) is 0 Å². The molecule has 3 N–H and O–H groups in total. The molecule has 0 unspecified atom stereocenters. The van der Waals surface area contributed by atoms with Gasteiger partial charge < -0.3 is 15.7 Å². The fourth-order valence-corrected chi connectivity index (χ4v) is 2.65. The third-order valence-corrected chi connectivity index (χ3v) is 3.91. The minimum absolute atomic E-state index is 0.0560. The molecule has 0 spiro atoms. The van der Waals surface area contributed by atoms with E-state index in [2.05, 4.69) is 0 Å². The lowest BCUT2D eigenvalue weighted by molar-refractivity contribution is -0.146. The summed E-state index contributed by atoms with van der Waals surface area (Å²) < 4.78 is 0. The molecule has 1 aliphatic heterocycles. The van der Waals surface area contributed by atoms with Gasteiger partial charge in [-0.05, 0) is 18.2 Å². The Morgan fingerprint density at radius 3 is 2.42 bits per heavy atom. The molecule has 0 aromatic heterocycles. The van der Waals surface area contributed by atoms with E-state index in [-0.39, 0.29) is 12.3 Å². The molecule has 0 bridgehead atoms. The third-order valence-electron chi connectivity index (χ3n) is 3.91. The first kappa shape index (κ1) is 17.9. The Labute approximate surface area is 140 Å². The topological polar surface area (TPSA) is 107 Å². The summed E-state index contributed by atoms with van der Waals surface area (Å²) in [5, 5.41) is 8.93. The maximum absolute atomic E-state index is 12.5. The summed E-state index contributed by atoms with van der Waals surface area (Å²) in [6.07, 6.45) is 0. The Kier molecular flexibility index (Phi) is 5.88. The SMILES string of the molecule is CC(=O)N(C(=O)C(=O)N1CCN(CCO)CC1)c1cccc(N)c1. The van der Waals surface area contributed by atoms with Crippen molar-refractivity contribution in [2.24, 2.45) is 0 Å². The van der Waals surface area contributed by atoms with Gasteiger partial charge in [-0.1, -0.05) is 6.07 Å². The molecule has 0 aliphatic carbocycles. The van der Waals surface area contributed by atoms with Crippen LogP contribution in [0.4, 0.5) is 11.4 Å². The highest BCUT2D eigenvalue weighted by atomic mass is 16.3. The number of nitrogen functional groups attached to an aromatic ring is 1. The van der Waals surface area contributed by atoms with Crippen LogP contribution < -0.4 is 10.6 Å². The molecule has 0 atom stereocenters. The fraction of sp³-hybridized carbons (Fsp3) is 0.438. The van der Waals surface area contributed by atoms with E-state index in [0.29, 0.717) is 38.4 Å². The summed E-state index contributed by atoms with van der Waals surface area (Å²) in [7, 11) is 0. The Bertz CT molecular complexity index is 626. The number of rotatable bonds is 3. The van der Waals surface area contributed by atoms with Gasteiger partial charge in [0.1, 0.15) is 0 Å². The number of amides is 3. The fourth-order valence-electron chi connectivity index (χ4n) is 2.65. The van der Waals surface area contributed by atoms with E-state index < -0.39 is 17.7 Å². The first-order chi connectivity index (χ1) is 11.4. The zero-order chi connectivity index (χ0) is 17.7. The van der Waals surface area contributed by atoms with Crippen molar-refractivity contribution < 1.29 is 19.5 Å². The zero-order valence-electron chi connectivity index (χ0n) is 13.6. The molecule has 1 heterocycles. The molecule has 130 valence electrons. The summed E-state index contributed by atoms with van der Waals surface area (Å²) in [4.78, 5) is 41.1. The number of imide groups is 1. The van der Waals surface area contributed by atoms with E-state index in [9.17, 15) is 14.4 Å². The number of nitrogens with two attached hydrogens (primary N) is 1. The molecule has 8 heteroatoms. The van der Waals surface area contributed by atoms with E-state index in [1.165, 1.54) is 17.9 Å². The van der Waals surface area contributed by atoms with Crippen molar-refractivity contribution in [3.63, 3.8) is 0 Å². The number of benzene rings is 1. The smallest absolute Gasteiger partial charge is 0.323 e. The van der Waals surface area contributed by atoms with E-state index in [4.69, 9.17) is 10.8 Å². The predicted octanol–water partition coefficient (Wildman–Crippen LogP) is -0.715. The molecular formula is C16H22N4O4. The van der Waals surface area contributed by atoms with E-state index >= 15 is 0 Å². The van der Waals surface area contributed by atoms with E-state index in [1.54, 1.807) is 18.2 Å². The van der Waals surface area contributed by atoms with Crippen LogP contribution in [0.5, 0.6) is 0 Å². The van der Waals surface area contributed by atoms with E-state index in [1.807, 2.05) is 4.90 Å². The van der Waals surface area contributed by atoms with Crippen molar-refractivity contribution in [2.45, 2.75) is 6.92 Å². The van der Waals surface area contributed by atoms with Gasteiger partial charge in [-0.25, -0.2) is 4.90 Å². The summed E-state index contributed by atoms with van der Waals surface area (Å²) >= 11 is 0. The van der Waals surface area contributed by atoms with Crippen LogP contribution in [-0.2, 0) is 14.4 Å². The number of piperazine rings is 1. The van der Waals surface area contributed by atoms with E-state index in [0.717, 1.165) is 4.90 Å². The minimum Gasteiger partial charge on any atom is -0.399 e. The van der Waals surface area contributed by atoms with Crippen LogP contribution in [0.1, 0.15) is 6.92 Å². The molecule has 2 rings (SSSR count). The summed E-state index contributed by atoms with van der Waals surface area (Å²) in [5.74, 6) is -2.14. The maximum Gasteiger partial charge on any atom is 0.323 e. The van der Waals surface area contributed by atoms with Gasteiger partial charge in [0.15, 0.2) is 0 Å². The second-order valence-corrected chi connectivity index (χ2v) is 5.61. The lowest BCUT2D eigenvalue weighted by atomic mass is 10.2. The number of anilines is 2. The molecule has 1 aromatic rings. The van der Waals surface area contributed by atoms with Crippen molar-refractivity contribution in [1.82, 2.24) is 9.80 Å². The van der Waals surface area contributed by atoms with Crippen molar-refractivity contribution in [2.75, 3.05) is 50.0 Å². The van der Waals surface area contributed by atoms with Crippen LogP contribution in [-0.4, -0.2) is 72.0 Å². The monoisotopic (exact) mass is 334 g/mol. The number of nitrogens with zero attached hydrogens (tertiary/aromatic N) is 3. The van der Waals surface area contributed by atoms with Gasteiger partial charge in [0.25, 0.3) is 0 Å². The molecule has 1 aromatic carbocycles. The molecular weight excluding hydrogens is 312 g/mol. The molecule has 3 amide bonds. The van der Waals surface area contributed by atoms with Crippen molar-refractivity contribution >= 4 is 29.1 Å². The molecule has 1 fully saturated rings. The summed E-state index contributed by atoms with van der Waals surface area (Å²) in [5.41, 5.74) is 6.37. The highest BCUT2D eigenvalue weighted by Gasteiger charge is 2.32. The average molecular weight is 334 g/mol. The zero-order valence-corrected chi connectivity index (χ0v) is 13.6. The number of aliphatic hydroxyl groups is 1. The normalized spacial score (nSPS) is 15.2. The number of hydrogen-bond donors (Lipinski definition) is 2. The number of carbonyl (C=O) groups excluding carboxylic acids is 3. The number of aliphatic hydroxyl groups excluding tert-OH is 1. The first-order valence-corrected chi connectivity index (χ1v) is 7.76. The number of hydrogen-bond acceptors (Lipinski definition) is 6. The predicted molar refractivity (Wildman–Crippen MR) is 89.1 cm³/mol. The van der Waals surface area contributed by atoms with Crippen LogP contribution in [0.3, 0.4) is 0 Å². The van der Waals surface area contributed by atoms with Crippen LogP contribution in [0.2, 0.25) is 0 Å². The van der Waals surface area contributed by atoms with Gasteiger partial charge >= 0.3 is 11.8 Å². The van der Waals surface area contributed by atoms with Crippen molar-refractivity contribution in [1.29, 1.82) is 0 Å². The van der Waals surface area contributed by atoms with Gasteiger partial charge in [-0.15, -0.1) is 0 Å². The Morgan fingerprint density at radius 1 is 1.21 bits per heavy atom. The highest BCUT2D eigenvalue weighted by molar-refractivity contribution is 6.45. The molecule has 24 heavy (non-hydrogen) atoms. The van der Waals surface area contributed by atoms with Gasteiger partial charge in [0, 0.05) is 45.3 Å². The molecule has 0 radical (unpaired) electrons. The quantitative estimate of drug-likeness (QED) is 0.558. The van der Waals surface area contributed by atoms with Crippen molar-refractivity contribution in [3.8, 4) is 0 Å². The average Bonchev–Trinajstić information content (AvgIpc) is 2.55. The molecule has 0 saturated carbocycles. The lowest BCUT2D eigenvalue weighted by Gasteiger charge is -2.34. The Morgan fingerprint density at radius 2 is 1.88 bits per heavy atom. The standard InChI is InChI=1S/C16H22N4O4/c1-12(22)20(14-4-2-3-13(17)11-14)16(24)15(23)19-7-5-18(6-8-19)9-10-21/h2-4,11,21H,5-10,17H2,1H3. The lowest BCUT2D eigenvalue weighted by Crippen LogP contribution is -2.54. The summed E-state index contributed by atoms with van der Waals surface area (Å²) in [6, 6.07) is 6.29. The van der Waals surface area contributed by atoms with Crippen LogP contribution in [0, 0.1) is 0 Å². The first-order valence-electron chi connectivity index (χ1n) is 7.76. The van der Waals surface area contributed by atoms with Gasteiger partial charge in [0.05, 0.1) is 12.3 Å². The van der Waals surface area contributed by atoms with Gasteiger partial charge in [0.2, 0.25) is 5.91 Å².